The monoisotopic (exact) mass is 275 g/mol. The molecule has 1 heterocycles. The molecule has 0 bridgehead atoms. The highest BCUT2D eigenvalue weighted by Gasteiger charge is 2.07. The molecule has 0 unspecified atom stereocenters. The van der Waals surface area contributed by atoms with Gasteiger partial charge in [-0.2, -0.15) is 0 Å². The molecule has 1 amide bonds. The number of hydrogen-bond donors (Lipinski definition) is 1. The molecule has 0 spiro atoms. The smallest absolute Gasteiger partial charge is 0.224 e. The van der Waals surface area contributed by atoms with E-state index in [0.717, 1.165) is 29.6 Å². The molecule has 0 aliphatic heterocycles. The molecular weight excluding hydrogens is 254 g/mol. The minimum Gasteiger partial charge on any atom is -0.441 e. The Morgan fingerprint density at radius 3 is 2.95 bits per heavy atom. The third-order valence-electron chi connectivity index (χ3n) is 3.03. The van der Waals surface area contributed by atoms with Crippen molar-refractivity contribution in [3.05, 3.63) is 29.7 Å². The largest absolute Gasteiger partial charge is 0.441 e. The Morgan fingerprint density at radius 1 is 1.40 bits per heavy atom. The van der Waals surface area contributed by atoms with E-state index in [0.29, 0.717) is 18.9 Å². The van der Waals surface area contributed by atoms with Gasteiger partial charge in [-0.25, -0.2) is 4.98 Å². The topological polar surface area (TPSA) is 58.4 Å². The molecule has 0 aliphatic rings. The standard InChI is InChI=1S/C15H21N3O2/c1-11-17-13-6-5-12(9-14(13)20-11)10-15(19)16-7-4-8-18(2)3/h5-6,9H,4,7-8,10H2,1-3H3,(H,16,19). The molecule has 0 saturated carbocycles. The minimum absolute atomic E-state index is 0.0411. The number of benzene rings is 1. The van der Waals surface area contributed by atoms with Gasteiger partial charge >= 0.3 is 0 Å². The van der Waals surface area contributed by atoms with Crippen molar-refractivity contribution >= 4 is 17.0 Å². The second kappa shape index (κ2) is 6.52. The molecule has 1 N–H and O–H groups in total. The number of rotatable bonds is 6. The zero-order valence-corrected chi connectivity index (χ0v) is 12.3. The van der Waals surface area contributed by atoms with Crippen molar-refractivity contribution in [1.82, 2.24) is 15.2 Å². The van der Waals surface area contributed by atoms with E-state index < -0.39 is 0 Å². The minimum atomic E-state index is 0.0411. The maximum absolute atomic E-state index is 11.8. The van der Waals surface area contributed by atoms with Crippen LogP contribution in [-0.2, 0) is 11.2 Å². The number of fused-ring (bicyclic) bond motifs is 1. The van der Waals surface area contributed by atoms with Gasteiger partial charge in [0.1, 0.15) is 5.52 Å². The van der Waals surface area contributed by atoms with Crippen LogP contribution in [0.15, 0.2) is 22.6 Å². The molecule has 1 aromatic carbocycles. The lowest BCUT2D eigenvalue weighted by atomic mass is 10.1. The van der Waals surface area contributed by atoms with E-state index in [2.05, 4.69) is 15.2 Å². The van der Waals surface area contributed by atoms with Crippen LogP contribution >= 0.6 is 0 Å². The van der Waals surface area contributed by atoms with Crippen LogP contribution in [0.2, 0.25) is 0 Å². The molecule has 108 valence electrons. The fraction of sp³-hybridized carbons (Fsp3) is 0.467. The molecule has 0 atom stereocenters. The van der Waals surface area contributed by atoms with Crippen molar-refractivity contribution in [3.8, 4) is 0 Å². The van der Waals surface area contributed by atoms with Crippen molar-refractivity contribution in [2.24, 2.45) is 0 Å². The first kappa shape index (κ1) is 14.5. The lowest BCUT2D eigenvalue weighted by Gasteiger charge is -2.09. The lowest BCUT2D eigenvalue weighted by Crippen LogP contribution is -2.28. The van der Waals surface area contributed by atoms with E-state index in [4.69, 9.17) is 4.42 Å². The number of carbonyl (C=O) groups excluding carboxylic acids is 1. The maximum Gasteiger partial charge on any atom is 0.224 e. The van der Waals surface area contributed by atoms with E-state index >= 15 is 0 Å². The first-order valence-electron chi connectivity index (χ1n) is 6.82. The van der Waals surface area contributed by atoms with Gasteiger partial charge in [-0.3, -0.25) is 4.79 Å². The predicted octanol–water partition coefficient (Wildman–Crippen LogP) is 1.75. The van der Waals surface area contributed by atoms with Crippen LogP contribution in [0.4, 0.5) is 0 Å². The Morgan fingerprint density at radius 2 is 2.20 bits per heavy atom. The van der Waals surface area contributed by atoms with Gasteiger partial charge < -0.3 is 14.6 Å². The summed E-state index contributed by atoms with van der Waals surface area (Å²) in [6.07, 6.45) is 1.33. The van der Waals surface area contributed by atoms with Gasteiger partial charge in [0.05, 0.1) is 6.42 Å². The first-order valence-corrected chi connectivity index (χ1v) is 6.82. The number of oxazole rings is 1. The quantitative estimate of drug-likeness (QED) is 0.816. The van der Waals surface area contributed by atoms with Crippen molar-refractivity contribution in [2.75, 3.05) is 27.2 Å². The van der Waals surface area contributed by atoms with Crippen molar-refractivity contribution in [3.63, 3.8) is 0 Å². The Balaban J connectivity index is 1.86. The summed E-state index contributed by atoms with van der Waals surface area (Å²) >= 11 is 0. The predicted molar refractivity (Wildman–Crippen MR) is 78.6 cm³/mol. The van der Waals surface area contributed by atoms with Crippen LogP contribution < -0.4 is 5.32 Å². The molecule has 5 heteroatoms. The molecule has 2 aromatic rings. The molecular formula is C15H21N3O2. The van der Waals surface area contributed by atoms with E-state index in [9.17, 15) is 4.79 Å². The van der Waals surface area contributed by atoms with Crippen LogP contribution in [0.25, 0.3) is 11.1 Å². The van der Waals surface area contributed by atoms with Gasteiger partial charge in [0.2, 0.25) is 5.91 Å². The molecule has 0 fully saturated rings. The SMILES string of the molecule is Cc1nc2ccc(CC(=O)NCCCN(C)C)cc2o1. The Bertz CT molecular complexity index is 590. The Hall–Kier alpha value is -1.88. The number of nitrogens with one attached hydrogen (secondary N) is 1. The molecule has 1 aromatic heterocycles. The summed E-state index contributed by atoms with van der Waals surface area (Å²) in [7, 11) is 4.05. The number of nitrogens with zero attached hydrogens (tertiary/aromatic N) is 2. The first-order chi connectivity index (χ1) is 9.54. The Labute approximate surface area is 119 Å². The second-order valence-corrected chi connectivity index (χ2v) is 5.22. The number of aryl methyl sites for hydroxylation is 1. The van der Waals surface area contributed by atoms with Gasteiger partial charge in [0.25, 0.3) is 0 Å². The molecule has 2 rings (SSSR count). The number of carbonyl (C=O) groups is 1. The van der Waals surface area contributed by atoms with Crippen molar-refractivity contribution in [1.29, 1.82) is 0 Å². The molecule has 5 nitrogen and oxygen atoms in total. The number of amides is 1. The van der Waals surface area contributed by atoms with Crippen LogP contribution in [0, 0.1) is 6.92 Å². The van der Waals surface area contributed by atoms with Crippen LogP contribution in [0.1, 0.15) is 17.9 Å². The summed E-state index contributed by atoms with van der Waals surface area (Å²) in [6.45, 7) is 3.50. The highest BCUT2D eigenvalue weighted by atomic mass is 16.3. The van der Waals surface area contributed by atoms with Crippen molar-refractivity contribution < 1.29 is 9.21 Å². The molecule has 20 heavy (non-hydrogen) atoms. The van der Waals surface area contributed by atoms with Gasteiger partial charge in [0.15, 0.2) is 11.5 Å². The second-order valence-electron chi connectivity index (χ2n) is 5.22. The van der Waals surface area contributed by atoms with Crippen LogP contribution in [0.3, 0.4) is 0 Å². The van der Waals surface area contributed by atoms with E-state index in [1.807, 2.05) is 39.2 Å². The lowest BCUT2D eigenvalue weighted by molar-refractivity contribution is -0.120. The van der Waals surface area contributed by atoms with E-state index in [1.165, 1.54) is 0 Å². The average Bonchev–Trinajstić information content (AvgIpc) is 2.74. The highest BCUT2D eigenvalue weighted by Crippen LogP contribution is 2.17. The molecule has 0 aliphatic carbocycles. The third-order valence-corrected chi connectivity index (χ3v) is 3.03. The summed E-state index contributed by atoms with van der Waals surface area (Å²) in [5.74, 6) is 0.685. The average molecular weight is 275 g/mol. The fourth-order valence-electron chi connectivity index (χ4n) is 2.07. The normalized spacial score (nSPS) is 11.2. The zero-order chi connectivity index (χ0) is 14.5. The van der Waals surface area contributed by atoms with Crippen LogP contribution in [0.5, 0.6) is 0 Å². The molecule has 0 saturated heterocycles. The highest BCUT2D eigenvalue weighted by molar-refractivity contribution is 5.80. The van der Waals surface area contributed by atoms with Gasteiger partial charge in [0, 0.05) is 13.5 Å². The fourth-order valence-corrected chi connectivity index (χ4v) is 2.07. The van der Waals surface area contributed by atoms with Gasteiger partial charge in [-0.05, 0) is 44.8 Å². The maximum atomic E-state index is 11.8. The Kier molecular flexibility index (Phi) is 4.74. The van der Waals surface area contributed by atoms with Crippen LogP contribution in [-0.4, -0.2) is 43.0 Å². The number of aromatic nitrogens is 1. The summed E-state index contributed by atoms with van der Waals surface area (Å²) in [5, 5.41) is 2.93. The van der Waals surface area contributed by atoms with Gasteiger partial charge in [-0.1, -0.05) is 6.07 Å². The van der Waals surface area contributed by atoms with E-state index in [1.54, 1.807) is 0 Å². The zero-order valence-electron chi connectivity index (χ0n) is 12.3. The van der Waals surface area contributed by atoms with E-state index in [-0.39, 0.29) is 5.91 Å². The van der Waals surface area contributed by atoms with Crippen molar-refractivity contribution in [2.45, 2.75) is 19.8 Å². The summed E-state index contributed by atoms with van der Waals surface area (Å²) in [6, 6.07) is 5.69. The third kappa shape index (κ3) is 4.06. The van der Waals surface area contributed by atoms with Gasteiger partial charge in [-0.15, -0.1) is 0 Å². The summed E-state index contributed by atoms with van der Waals surface area (Å²) < 4.78 is 5.47. The summed E-state index contributed by atoms with van der Waals surface area (Å²) in [5.41, 5.74) is 2.51. The number of hydrogen-bond acceptors (Lipinski definition) is 4. The molecule has 0 radical (unpaired) electrons. The summed E-state index contributed by atoms with van der Waals surface area (Å²) in [4.78, 5) is 18.2.